The number of rotatable bonds is 2. The maximum absolute atomic E-state index is 12.8. The topological polar surface area (TPSA) is 66.9 Å². The first-order valence-corrected chi connectivity index (χ1v) is 10.2. The molecular weight excluding hydrogens is 344 g/mol. The van der Waals surface area contributed by atoms with Gasteiger partial charge in [-0.1, -0.05) is 19.3 Å². The number of amides is 2. The second-order valence-corrected chi connectivity index (χ2v) is 7.99. The predicted octanol–water partition coefficient (Wildman–Crippen LogP) is 2.87. The minimum Gasteiger partial charge on any atom is -0.378 e. The van der Waals surface area contributed by atoms with Crippen LogP contribution in [-0.4, -0.2) is 67.0 Å². The summed E-state index contributed by atoms with van der Waals surface area (Å²) < 4.78 is 11.7. The fourth-order valence-corrected chi connectivity index (χ4v) is 4.49. The van der Waals surface area contributed by atoms with Crippen LogP contribution in [0.4, 0.5) is 16.3 Å². The molecule has 0 aromatic carbocycles. The van der Waals surface area contributed by atoms with Crippen LogP contribution in [0, 0.1) is 0 Å². The first kappa shape index (κ1) is 18.5. The number of carbonyl (C=O) groups is 1. The molecule has 2 aliphatic heterocycles. The second kappa shape index (κ2) is 8.02. The van der Waals surface area contributed by atoms with Crippen LogP contribution in [0.1, 0.15) is 39.0 Å². The Bertz CT molecular complexity index is 639. The van der Waals surface area contributed by atoms with Gasteiger partial charge in [-0.25, -0.2) is 9.78 Å². The zero-order valence-electron chi connectivity index (χ0n) is 16.2. The molecular formula is C20H30N4O3. The number of ether oxygens (including phenoxy) is 2. The van der Waals surface area contributed by atoms with Crippen LogP contribution < -0.4 is 10.2 Å². The molecule has 4 rings (SSSR count). The van der Waals surface area contributed by atoms with E-state index in [1.54, 1.807) is 6.20 Å². The summed E-state index contributed by atoms with van der Waals surface area (Å²) in [5.41, 5.74) is 0.583. The van der Waals surface area contributed by atoms with Gasteiger partial charge < -0.3 is 24.6 Å². The third kappa shape index (κ3) is 4.35. The molecule has 2 amide bonds. The van der Waals surface area contributed by atoms with Gasteiger partial charge in [-0.05, 0) is 31.9 Å². The lowest BCUT2D eigenvalue weighted by Crippen LogP contribution is -2.58. The van der Waals surface area contributed by atoms with E-state index in [1.807, 2.05) is 17.0 Å². The van der Waals surface area contributed by atoms with Crippen molar-refractivity contribution in [3.63, 3.8) is 0 Å². The van der Waals surface area contributed by atoms with E-state index in [0.717, 1.165) is 50.7 Å². The van der Waals surface area contributed by atoms with Crippen LogP contribution in [0.25, 0.3) is 0 Å². The van der Waals surface area contributed by atoms with E-state index in [1.165, 1.54) is 19.3 Å². The van der Waals surface area contributed by atoms with Crippen molar-refractivity contribution in [1.29, 1.82) is 0 Å². The first-order valence-electron chi connectivity index (χ1n) is 10.2. The minimum absolute atomic E-state index is 0.0592. The fourth-order valence-electron chi connectivity index (χ4n) is 4.49. The van der Waals surface area contributed by atoms with Crippen molar-refractivity contribution in [3.8, 4) is 0 Å². The van der Waals surface area contributed by atoms with Gasteiger partial charge in [0.15, 0.2) is 0 Å². The van der Waals surface area contributed by atoms with E-state index in [9.17, 15) is 4.79 Å². The molecule has 1 unspecified atom stereocenters. The Hall–Kier alpha value is -1.86. The summed E-state index contributed by atoms with van der Waals surface area (Å²) in [4.78, 5) is 21.5. The molecule has 27 heavy (non-hydrogen) atoms. The molecule has 7 nitrogen and oxygen atoms in total. The lowest BCUT2D eigenvalue weighted by molar-refractivity contribution is -0.152. The lowest BCUT2D eigenvalue weighted by Gasteiger charge is -2.47. The quantitative estimate of drug-likeness (QED) is 0.862. The normalized spacial score (nSPS) is 25.4. The van der Waals surface area contributed by atoms with Gasteiger partial charge in [-0.15, -0.1) is 0 Å². The number of nitrogens with one attached hydrogen (secondary N) is 1. The van der Waals surface area contributed by atoms with Crippen LogP contribution in [0.2, 0.25) is 0 Å². The van der Waals surface area contributed by atoms with Crippen molar-refractivity contribution in [3.05, 3.63) is 18.3 Å². The molecule has 148 valence electrons. The van der Waals surface area contributed by atoms with Gasteiger partial charge in [-0.3, -0.25) is 0 Å². The van der Waals surface area contributed by atoms with Crippen molar-refractivity contribution in [2.45, 2.75) is 50.7 Å². The first-order chi connectivity index (χ1) is 13.1. The fraction of sp³-hybridized carbons (Fsp3) is 0.700. The zero-order valence-corrected chi connectivity index (χ0v) is 16.2. The Kier molecular flexibility index (Phi) is 5.50. The molecule has 0 bridgehead atoms. The Morgan fingerprint density at radius 3 is 2.70 bits per heavy atom. The van der Waals surface area contributed by atoms with E-state index in [-0.39, 0.29) is 17.7 Å². The molecule has 3 fully saturated rings. The largest absolute Gasteiger partial charge is 0.378 e. The second-order valence-electron chi connectivity index (χ2n) is 7.99. The monoisotopic (exact) mass is 374 g/mol. The predicted molar refractivity (Wildman–Crippen MR) is 104 cm³/mol. The molecule has 0 radical (unpaired) electrons. The summed E-state index contributed by atoms with van der Waals surface area (Å²) in [5, 5.41) is 3.01. The molecule has 3 aliphatic rings. The Balaban J connectivity index is 1.37. The van der Waals surface area contributed by atoms with Crippen molar-refractivity contribution in [1.82, 2.24) is 9.88 Å². The van der Waals surface area contributed by atoms with Crippen molar-refractivity contribution < 1.29 is 14.3 Å². The highest BCUT2D eigenvalue weighted by molar-refractivity contribution is 5.89. The number of aromatic nitrogens is 1. The van der Waals surface area contributed by atoms with Crippen LogP contribution >= 0.6 is 0 Å². The van der Waals surface area contributed by atoms with Crippen molar-refractivity contribution in [2.24, 2.45) is 0 Å². The van der Waals surface area contributed by atoms with Crippen LogP contribution in [0.15, 0.2) is 18.3 Å². The number of pyridine rings is 1. The maximum atomic E-state index is 12.8. The summed E-state index contributed by atoms with van der Waals surface area (Å²) in [6.45, 7) is 6.55. The van der Waals surface area contributed by atoms with Gasteiger partial charge in [0.2, 0.25) is 0 Å². The number of hydrogen-bond donors (Lipinski definition) is 1. The summed E-state index contributed by atoms with van der Waals surface area (Å²) in [6, 6.07) is 3.83. The van der Waals surface area contributed by atoms with Crippen molar-refractivity contribution >= 4 is 17.5 Å². The molecule has 7 heteroatoms. The standard InChI is InChI=1S/C20H30N4O3/c1-16-14-24(15-20(27-16)7-3-2-4-8-20)19(25)22-17-5-6-18(21-13-17)23-9-11-26-12-10-23/h5-6,13,16H,2-4,7-12,14-15H2,1H3,(H,22,25). The van der Waals surface area contributed by atoms with Crippen molar-refractivity contribution in [2.75, 3.05) is 49.6 Å². The van der Waals surface area contributed by atoms with Gasteiger partial charge in [0, 0.05) is 19.6 Å². The van der Waals surface area contributed by atoms with E-state index in [0.29, 0.717) is 13.1 Å². The molecule has 1 saturated carbocycles. The van der Waals surface area contributed by atoms with Gasteiger partial charge in [0.05, 0.1) is 43.3 Å². The number of nitrogens with zero attached hydrogens (tertiary/aromatic N) is 3. The Morgan fingerprint density at radius 1 is 1.22 bits per heavy atom. The average Bonchev–Trinajstić information content (AvgIpc) is 2.69. The summed E-state index contributed by atoms with van der Waals surface area (Å²) in [5.74, 6) is 0.928. The Labute approximate surface area is 161 Å². The molecule has 1 aliphatic carbocycles. The highest BCUT2D eigenvalue weighted by Crippen LogP contribution is 2.36. The van der Waals surface area contributed by atoms with Gasteiger partial charge in [0.1, 0.15) is 5.82 Å². The van der Waals surface area contributed by atoms with Crippen LogP contribution in [-0.2, 0) is 9.47 Å². The summed E-state index contributed by atoms with van der Waals surface area (Å²) in [6.07, 6.45) is 7.57. The summed E-state index contributed by atoms with van der Waals surface area (Å²) in [7, 11) is 0. The van der Waals surface area contributed by atoms with Gasteiger partial charge >= 0.3 is 6.03 Å². The molecule has 1 aromatic rings. The zero-order chi connectivity index (χ0) is 18.7. The smallest absolute Gasteiger partial charge is 0.322 e. The number of anilines is 2. The molecule has 3 heterocycles. The molecule has 1 aromatic heterocycles. The highest BCUT2D eigenvalue weighted by atomic mass is 16.5. The maximum Gasteiger partial charge on any atom is 0.322 e. The lowest BCUT2D eigenvalue weighted by atomic mass is 9.83. The summed E-state index contributed by atoms with van der Waals surface area (Å²) >= 11 is 0. The Morgan fingerprint density at radius 2 is 2.00 bits per heavy atom. The third-order valence-corrected chi connectivity index (χ3v) is 5.79. The number of hydrogen-bond acceptors (Lipinski definition) is 5. The van der Waals surface area contributed by atoms with Crippen LogP contribution in [0.3, 0.4) is 0 Å². The molecule has 1 N–H and O–H groups in total. The van der Waals surface area contributed by atoms with Crippen LogP contribution in [0.5, 0.6) is 0 Å². The van der Waals surface area contributed by atoms with Gasteiger partial charge in [0.25, 0.3) is 0 Å². The average molecular weight is 374 g/mol. The molecule has 1 atom stereocenters. The SMILES string of the molecule is CC1CN(C(=O)Nc2ccc(N3CCOCC3)nc2)CC2(CCCCC2)O1. The van der Waals surface area contributed by atoms with E-state index in [2.05, 4.69) is 22.1 Å². The minimum atomic E-state index is -0.147. The van der Waals surface area contributed by atoms with E-state index in [4.69, 9.17) is 9.47 Å². The number of urea groups is 1. The van der Waals surface area contributed by atoms with Gasteiger partial charge in [-0.2, -0.15) is 0 Å². The molecule has 1 spiro atoms. The van der Waals surface area contributed by atoms with E-state index >= 15 is 0 Å². The molecule has 2 saturated heterocycles. The highest BCUT2D eigenvalue weighted by Gasteiger charge is 2.41. The van der Waals surface area contributed by atoms with E-state index < -0.39 is 0 Å². The number of carbonyl (C=O) groups excluding carboxylic acids is 1. The third-order valence-electron chi connectivity index (χ3n) is 5.79. The number of morpholine rings is 2.